The summed E-state index contributed by atoms with van der Waals surface area (Å²) in [6.45, 7) is 5.74. The van der Waals surface area contributed by atoms with Crippen LogP contribution in [0.2, 0.25) is 5.02 Å². The minimum Gasteiger partial charge on any atom is -0.490 e. The number of aryl methyl sites for hydroxylation is 1. The number of ether oxygens (including phenoxy) is 1. The molecule has 6 heteroatoms. The van der Waals surface area contributed by atoms with Gasteiger partial charge in [0.2, 0.25) is 0 Å². The summed E-state index contributed by atoms with van der Waals surface area (Å²) in [4.78, 5) is 12.5. The number of carbonyl (C=O) groups is 1. The molecule has 0 aliphatic heterocycles. The van der Waals surface area contributed by atoms with Gasteiger partial charge in [0, 0.05) is 10.7 Å². The molecular weight excluding hydrogens is 344 g/mol. The van der Waals surface area contributed by atoms with Gasteiger partial charge in [0.05, 0.1) is 11.7 Å². The average Bonchev–Trinajstić information content (AvgIpc) is 2.50. The second-order valence-electron chi connectivity index (χ2n) is 5.53. The van der Waals surface area contributed by atoms with Gasteiger partial charge in [-0.1, -0.05) is 29.8 Å². The molecule has 2 aromatic carbocycles. The van der Waals surface area contributed by atoms with E-state index in [9.17, 15) is 4.79 Å². The molecule has 0 heterocycles. The Hall–Kier alpha value is -2.11. The average molecular weight is 363 g/mol. The smallest absolute Gasteiger partial charge is 0.261 e. The first kappa shape index (κ1) is 18.2. The topological polar surface area (TPSA) is 50.4 Å². The standard InChI is InChI=1S/C18H19ClN2O2S/c1-11(2)23-16-7-5-4-6-14(16)17(22)21-18(24)20-15-10-13(19)9-8-12(15)3/h4-11H,1-3H3,(H2,20,21,22,24). The fourth-order valence-corrected chi connectivity index (χ4v) is 2.44. The minimum atomic E-state index is -0.330. The molecule has 0 saturated carbocycles. The van der Waals surface area contributed by atoms with Gasteiger partial charge in [0.15, 0.2) is 5.11 Å². The van der Waals surface area contributed by atoms with Crippen LogP contribution in [0, 0.1) is 6.92 Å². The molecule has 24 heavy (non-hydrogen) atoms. The molecular formula is C18H19ClN2O2S. The molecule has 0 aliphatic carbocycles. The van der Waals surface area contributed by atoms with E-state index in [2.05, 4.69) is 10.6 Å². The van der Waals surface area contributed by atoms with E-state index in [0.717, 1.165) is 11.3 Å². The number of carbonyl (C=O) groups excluding carboxylic acids is 1. The molecule has 0 radical (unpaired) electrons. The van der Waals surface area contributed by atoms with Crippen molar-refractivity contribution in [1.82, 2.24) is 5.32 Å². The number of amides is 1. The highest BCUT2D eigenvalue weighted by Gasteiger charge is 2.14. The maximum Gasteiger partial charge on any atom is 0.261 e. The van der Waals surface area contributed by atoms with Gasteiger partial charge in [-0.2, -0.15) is 0 Å². The summed E-state index contributed by atoms with van der Waals surface area (Å²) >= 11 is 11.2. The van der Waals surface area contributed by atoms with Crippen LogP contribution in [0.3, 0.4) is 0 Å². The van der Waals surface area contributed by atoms with Crippen LogP contribution in [0.4, 0.5) is 5.69 Å². The number of halogens is 1. The zero-order chi connectivity index (χ0) is 17.7. The quantitative estimate of drug-likeness (QED) is 0.783. The number of hydrogen-bond donors (Lipinski definition) is 2. The van der Waals surface area contributed by atoms with Crippen molar-refractivity contribution in [2.24, 2.45) is 0 Å². The van der Waals surface area contributed by atoms with Gasteiger partial charge in [-0.3, -0.25) is 10.1 Å². The SMILES string of the molecule is Cc1ccc(Cl)cc1NC(=S)NC(=O)c1ccccc1OC(C)C. The molecule has 2 N–H and O–H groups in total. The highest BCUT2D eigenvalue weighted by atomic mass is 35.5. The molecule has 0 atom stereocenters. The lowest BCUT2D eigenvalue weighted by Crippen LogP contribution is -2.34. The summed E-state index contributed by atoms with van der Waals surface area (Å²) in [5, 5.41) is 6.44. The third-order valence-corrected chi connectivity index (χ3v) is 3.61. The molecule has 0 spiro atoms. The van der Waals surface area contributed by atoms with Crippen LogP contribution in [-0.2, 0) is 0 Å². The maximum absolute atomic E-state index is 12.5. The van der Waals surface area contributed by atoms with Crippen LogP contribution in [0.1, 0.15) is 29.8 Å². The maximum atomic E-state index is 12.5. The predicted octanol–water partition coefficient (Wildman–Crippen LogP) is 4.56. The van der Waals surface area contributed by atoms with Crippen molar-refractivity contribution in [2.45, 2.75) is 26.9 Å². The van der Waals surface area contributed by atoms with E-state index in [1.54, 1.807) is 30.3 Å². The molecule has 0 aromatic heterocycles. The van der Waals surface area contributed by atoms with Crippen LogP contribution in [-0.4, -0.2) is 17.1 Å². The van der Waals surface area contributed by atoms with E-state index in [4.69, 9.17) is 28.6 Å². The summed E-state index contributed by atoms with van der Waals surface area (Å²) < 4.78 is 5.66. The monoisotopic (exact) mass is 362 g/mol. The fourth-order valence-electron chi connectivity index (χ4n) is 2.06. The summed E-state index contributed by atoms with van der Waals surface area (Å²) in [5.41, 5.74) is 2.15. The number of hydrogen-bond acceptors (Lipinski definition) is 3. The Morgan fingerprint density at radius 1 is 1.21 bits per heavy atom. The normalized spacial score (nSPS) is 10.4. The summed E-state index contributed by atoms with van der Waals surface area (Å²) in [7, 11) is 0. The van der Waals surface area contributed by atoms with Crippen LogP contribution in [0.5, 0.6) is 5.75 Å². The first-order chi connectivity index (χ1) is 11.4. The van der Waals surface area contributed by atoms with E-state index in [0.29, 0.717) is 16.3 Å². The van der Waals surface area contributed by atoms with Crippen LogP contribution < -0.4 is 15.4 Å². The van der Waals surface area contributed by atoms with E-state index >= 15 is 0 Å². The summed E-state index contributed by atoms with van der Waals surface area (Å²) in [6, 6.07) is 12.5. The number of nitrogens with one attached hydrogen (secondary N) is 2. The number of rotatable bonds is 4. The van der Waals surface area contributed by atoms with Gasteiger partial charge >= 0.3 is 0 Å². The van der Waals surface area contributed by atoms with Gasteiger partial charge in [-0.15, -0.1) is 0 Å². The van der Waals surface area contributed by atoms with Crippen molar-refractivity contribution in [2.75, 3.05) is 5.32 Å². The number of para-hydroxylation sites is 1. The molecule has 4 nitrogen and oxygen atoms in total. The lowest BCUT2D eigenvalue weighted by Gasteiger charge is -2.15. The highest BCUT2D eigenvalue weighted by molar-refractivity contribution is 7.80. The fraction of sp³-hybridized carbons (Fsp3) is 0.222. The second-order valence-corrected chi connectivity index (χ2v) is 6.37. The van der Waals surface area contributed by atoms with Crippen molar-refractivity contribution in [1.29, 1.82) is 0 Å². The van der Waals surface area contributed by atoms with E-state index in [-0.39, 0.29) is 17.1 Å². The van der Waals surface area contributed by atoms with Crippen LogP contribution in [0.25, 0.3) is 0 Å². The van der Waals surface area contributed by atoms with E-state index in [1.165, 1.54) is 0 Å². The Morgan fingerprint density at radius 2 is 1.92 bits per heavy atom. The predicted molar refractivity (Wildman–Crippen MR) is 102 cm³/mol. The Morgan fingerprint density at radius 3 is 2.62 bits per heavy atom. The molecule has 0 saturated heterocycles. The third kappa shape index (κ3) is 4.94. The zero-order valence-electron chi connectivity index (χ0n) is 13.7. The first-order valence-electron chi connectivity index (χ1n) is 7.51. The molecule has 0 bridgehead atoms. The Bertz CT molecular complexity index is 762. The molecule has 1 amide bonds. The van der Waals surface area contributed by atoms with Crippen LogP contribution >= 0.6 is 23.8 Å². The Balaban J connectivity index is 2.09. The largest absolute Gasteiger partial charge is 0.490 e. The van der Waals surface area contributed by atoms with Crippen molar-refractivity contribution in [3.63, 3.8) is 0 Å². The van der Waals surface area contributed by atoms with Crippen molar-refractivity contribution >= 4 is 40.5 Å². The van der Waals surface area contributed by atoms with Gasteiger partial charge < -0.3 is 10.1 Å². The Labute approximate surface area is 152 Å². The van der Waals surface area contributed by atoms with Gasteiger partial charge in [0.1, 0.15) is 5.75 Å². The summed E-state index contributed by atoms with van der Waals surface area (Å²) in [6.07, 6.45) is -0.0295. The molecule has 2 rings (SSSR count). The second kappa shape index (κ2) is 8.13. The summed E-state index contributed by atoms with van der Waals surface area (Å²) in [5.74, 6) is 0.190. The van der Waals surface area contributed by atoms with Gasteiger partial charge in [0.25, 0.3) is 5.91 Å². The molecule has 0 unspecified atom stereocenters. The first-order valence-corrected chi connectivity index (χ1v) is 8.29. The van der Waals surface area contributed by atoms with E-state index < -0.39 is 0 Å². The van der Waals surface area contributed by atoms with Crippen molar-refractivity contribution in [3.05, 3.63) is 58.6 Å². The van der Waals surface area contributed by atoms with Crippen molar-refractivity contribution in [3.8, 4) is 5.75 Å². The number of anilines is 1. The minimum absolute atomic E-state index is 0.0295. The number of thiocarbonyl (C=S) groups is 1. The highest BCUT2D eigenvalue weighted by Crippen LogP contribution is 2.21. The zero-order valence-corrected chi connectivity index (χ0v) is 15.3. The van der Waals surface area contributed by atoms with Gasteiger partial charge in [-0.05, 0) is 62.8 Å². The lowest BCUT2D eigenvalue weighted by molar-refractivity contribution is 0.0972. The number of benzene rings is 2. The third-order valence-electron chi connectivity index (χ3n) is 3.17. The molecule has 2 aromatic rings. The Kier molecular flexibility index (Phi) is 6.17. The molecule has 0 aliphatic rings. The van der Waals surface area contributed by atoms with Crippen molar-refractivity contribution < 1.29 is 9.53 Å². The van der Waals surface area contributed by atoms with Crippen LogP contribution in [0.15, 0.2) is 42.5 Å². The molecule has 0 fully saturated rings. The lowest BCUT2D eigenvalue weighted by atomic mass is 10.2. The molecule has 126 valence electrons. The van der Waals surface area contributed by atoms with Gasteiger partial charge in [-0.25, -0.2) is 0 Å². The van der Waals surface area contributed by atoms with E-state index in [1.807, 2.05) is 32.9 Å².